The van der Waals surface area contributed by atoms with Gasteiger partial charge in [-0.25, -0.2) is 4.68 Å². The summed E-state index contributed by atoms with van der Waals surface area (Å²) < 4.78 is 6.95. The summed E-state index contributed by atoms with van der Waals surface area (Å²) in [6, 6.07) is 5.87. The third-order valence-electron chi connectivity index (χ3n) is 2.51. The van der Waals surface area contributed by atoms with Crippen LogP contribution in [-0.4, -0.2) is 22.1 Å². The maximum atomic E-state index is 5.67. The standard InChI is InChI=1S/C11H14N4O/c1-15-10(7-13-14-15)8-3-4-11(16-2)9(5-8)6-12/h3-5,7H,6,12H2,1-2H3. The van der Waals surface area contributed by atoms with Crippen molar-refractivity contribution in [3.8, 4) is 17.0 Å². The van der Waals surface area contributed by atoms with Gasteiger partial charge in [0.2, 0.25) is 0 Å². The van der Waals surface area contributed by atoms with Crippen LogP contribution in [0.3, 0.4) is 0 Å². The van der Waals surface area contributed by atoms with Gasteiger partial charge in [0.25, 0.3) is 0 Å². The molecule has 0 bridgehead atoms. The zero-order valence-corrected chi connectivity index (χ0v) is 9.34. The van der Waals surface area contributed by atoms with Crippen LogP contribution in [0.4, 0.5) is 0 Å². The van der Waals surface area contributed by atoms with E-state index in [0.717, 1.165) is 22.6 Å². The first-order chi connectivity index (χ1) is 7.76. The third kappa shape index (κ3) is 1.77. The Morgan fingerprint density at radius 3 is 2.81 bits per heavy atom. The van der Waals surface area contributed by atoms with E-state index in [-0.39, 0.29) is 0 Å². The SMILES string of the molecule is COc1ccc(-c2cnnn2C)cc1CN. The summed E-state index contributed by atoms with van der Waals surface area (Å²) in [5.41, 5.74) is 8.63. The maximum absolute atomic E-state index is 5.67. The van der Waals surface area contributed by atoms with Crippen LogP contribution in [0.25, 0.3) is 11.3 Å². The number of hydrogen-bond acceptors (Lipinski definition) is 4. The van der Waals surface area contributed by atoms with Crippen molar-refractivity contribution in [1.29, 1.82) is 0 Å². The molecule has 1 aromatic carbocycles. The molecule has 0 spiro atoms. The summed E-state index contributed by atoms with van der Waals surface area (Å²) in [6.45, 7) is 0.447. The van der Waals surface area contributed by atoms with E-state index in [1.165, 1.54) is 0 Å². The fraction of sp³-hybridized carbons (Fsp3) is 0.273. The first kappa shape index (κ1) is 10.6. The van der Waals surface area contributed by atoms with E-state index in [4.69, 9.17) is 10.5 Å². The van der Waals surface area contributed by atoms with Gasteiger partial charge in [0, 0.05) is 24.7 Å². The Morgan fingerprint density at radius 2 is 2.25 bits per heavy atom. The predicted octanol–water partition coefficient (Wildman–Crippen LogP) is 0.949. The van der Waals surface area contributed by atoms with Gasteiger partial charge in [0.1, 0.15) is 5.75 Å². The second-order valence-electron chi connectivity index (χ2n) is 3.47. The minimum atomic E-state index is 0.447. The van der Waals surface area contributed by atoms with Crippen molar-refractivity contribution in [3.05, 3.63) is 30.0 Å². The monoisotopic (exact) mass is 218 g/mol. The lowest BCUT2D eigenvalue weighted by Gasteiger charge is -2.08. The first-order valence-corrected chi connectivity index (χ1v) is 4.98. The molecule has 2 aromatic rings. The minimum Gasteiger partial charge on any atom is -0.496 e. The van der Waals surface area contributed by atoms with Crippen molar-refractivity contribution in [3.63, 3.8) is 0 Å². The lowest BCUT2D eigenvalue weighted by Crippen LogP contribution is -2.01. The molecular formula is C11H14N4O. The Morgan fingerprint density at radius 1 is 1.44 bits per heavy atom. The molecule has 0 radical (unpaired) electrons. The molecule has 16 heavy (non-hydrogen) atoms. The molecule has 5 nitrogen and oxygen atoms in total. The summed E-state index contributed by atoms with van der Waals surface area (Å²) >= 11 is 0. The summed E-state index contributed by atoms with van der Waals surface area (Å²) in [7, 11) is 3.49. The molecule has 2 N–H and O–H groups in total. The van der Waals surface area contributed by atoms with Crippen molar-refractivity contribution in [2.75, 3.05) is 7.11 Å². The molecule has 0 aliphatic heterocycles. The molecule has 1 aromatic heterocycles. The maximum Gasteiger partial charge on any atom is 0.123 e. The molecular weight excluding hydrogens is 204 g/mol. The average Bonchev–Trinajstić information content (AvgIpc) is 2.74. The minimum absolute atomic E-state index is 0.447. The Kier molecular flexibility index (Phi) is 2.87. The highest BCUT2D eigenvalue weighted by molar-refractivity contribution is 5.61. The fourth-order valence-electron chi connectivity index (χ4n) is 1.65. The van der Waals surface area contributed by atoms with Crippen molar-refractivity contribution in [1.82, 2.24) is 15.0 Å². The van der Waals surface area contributed by atoms with Gasteiger partial charge in [0.15, 0.2) is 0 Å². The van der Waals surface area contributed by atoms with Gasteiger partial charge < -0.3 is 10.5 Å². The van der Waals surface area contributed by atoms with Gasteiger partial charge in [0.05, 0.1) is 19.0 Å². The summed E-state index contributed by atoms with van der Waals surface area (Å²) in [6.07, 6.45) is 1.72. The number of nitrogens with two attached hydrogens (primary N) is 1. The second-order valence-corrected chi connectivity index (χ2v) is 3.47. The number of rotatable bonds is 3. The molecule has 84 valence electrons. The normalized spacial score (nSPS) is 10.4. The molecule has 0 saturated carbocycles. The fourth-order valence-corrected chi connectivity index (χ4v) is 1.65. The van der Waals surface area contributed by atoms with Crippen LogP contribution >= 0.6 is 0 Å². The molecule has 0 unspecified atom stereocenters. The summed E-state index contributed by atoms with van der Waals surface area (Å²) in [5, 5.41) is 7.74. The van der Waals surface area contributed by atoms with Crippen LogP contribution in [0.2, 0.25) is 0 Å². The third-order valence-corrected chi connectivity index (χ3v) is 2.51. The molecule has 0 atom stereocenters. The van der Waals surface area contributed by atoms with Gasteiger partial charge in [-0.05, 0) is 18.2 Å². The van der Waals surface area contributed by atoms with Crippen LogP contribution in [0.1, 0.15) is 5.56 Å². The van der Waals surface area contributed by atoms with Gasteiger partial charge in [-0.1, -0.05) is 5.21 Å². The zero-order chi connectivity index (χ0) is 11.5. The molecule has 5 heteroatoms. The average molecular weight is 218 g/mol. The Hall–Kier alpha value is -1.88. The molecule has 2 rings (SSSR count). The smallest absolute Gasteiger partial charge is 0.123 e. The van der Waals surface area contributed by atoms with Crippen LogP contribution in [0, 0.1) is 0 Å². The van der Waals surface area contributed by atoms with Gasteiger partial charge in [-0.3, -0.25) is 0 Å². The highest BCUT2D eigenvalue weighted by Crippen LogP contribution is 2.25. The van der Waals surface area contributed by atoms with E-state index in [1.54, 1.807) is 18.0 Å². The van der Waals surface area contributed by atoms with Crippen molar-refractivity contribution < 1.29 is 4.74 Å². The van der Waals surface area contributed by atoms with Crippen LogP contribution in [0.15, 0.2) is 24.4 Å². The van der Waals surface area contributed by atoms with E-state index >= 15 is 0 Å². The van der Waals surface area contributed by atoms with Gasteiger partial charge >= 0.3 is 0 Å². The van der Waals surface area contributed by atoms with E-state index in [0.29, 0.717) is 6.54 Å². The Balaban J connectivity index is 2.48. The molecule has 0 aliphatic rings. The summed E-state index contributed by atoms with van der Waals surface area (Å²) in [4.78, 5) is 0. The number of methoxy groups -OCH3 is 1. The van der Waals surface area contributed by atoms with E-state index < -0.39 is 0 Å². The Bertz CT molecular complexity index is 492. The summed E-state index contributed by atoms with van der Waals surface area (Å²) in [5.74, 6) is 0.807. The van der Waals surface area contributed by atoms with Gasteiger partial charge in [-0.15, -0.1) is 5.10 Å². The number of hydrogen-bond donors (Lipinski definition) is 1. The highest BCUT2D eigenvalue weighted by Gasteiger charge is 2.07. The Labute approximate surface area is 93.8 Å². The quantitative estimate of drug-likeness (QED) is 0.833. The lowest BCUT2D eigenvalue weighted by molar-refractivity contribution is 0.410. The van der Waals surface area contributed by atoms with Crippen LogP contribution in [-0.2, 0) is 13.6 Å². The zero-order valence-electron chi connectivity index (χ0n) is 9.34. The topological polar surface area (TPSA) is 66.0 Å². The predicted molar refractivity (Wildman–Crippen MR) is 60.9 cm³/mol. The molecule has 0 amide bonds. The van der Waals surface area contributed by atoms with Crippen molar-refractivity contribution >= 4 is 0 Å². The van der Waals surface area contributed by atoms with Crippen LogP contribution < -0.4 is 10.5 Å². The first-order valence-electron chi connectivity index (χ1n) is 4.98. The number of benzene rings is 1. The van der Waals surface area contributed by atoms with E-state index in [1.807, 2.05) is 25.2 Å². The van der Waals surface area contributed by atoms with Crippen molar-refractivity contribution in [2.45, 2.75) is 6.54 Å². The number of aromatic nitrogens is 3. The van der Waals surface area contributed by atoms with Gasteiger partial charge in [-0.2, -0.15) is 0 Å². The number of nitrogens with zero attached hydrogens (tertiary/aromatic N) is 3. The lowest BCUT2D eigenvalue weighted by atomic mass is 10.1. The number of aryl methyl sites for hydroxylation is 1. The second kappa shape index (κ2) is 4.32. The number of ether oxygens (including phenoxy) is 1. The van der Waals surface area contributed by atoms with Crippen molar-refractivity contribution in [2.24, 2.45) is 12.8 Å². The molecule has 1 heterocycles. The highest BCUT2D eigenvalue weighted by atomic mass is 16.5. The van der Waals surface area contributed by atoms with Crippen LogP contribution in [0.5, 0.6) is 5.75 Å². The molecule has 0 saturated heterocycles. The molecule has 0 aliphatic carbocycles. The largest absolute Gasteiger partial charge is 0.496 e. The van der Waals surface area contributed by atoms with E-state index in [2.05, 4.69) is 10.3 Å². The van der Waals surface area contributed by atoms with E-state index in [9.17, 15) is 0 Å². The molecule has 0 fully saturated rings.